The van der Waals surface area contributed by atoms with Gasteiger partial charge in [-0.1, -0.05) is 36.4 Å². The largest absolute Gasteiger partial charge is 0.468 e. The summed E-state index contributed by atoms with van der Waals surface area (Å²) in [5.41, 5.74) is 1.14. The Morgan fingerprint density at radius 2 is 1.78 bits per heavy atom. The lowest BCUT2D eigenvalue weighted by molar-refractivity contribution is 0.159. The van der Waals surface area contributed by atoms with Crippen molar-refractivity contribution in [2.24, 2.45) is 0 Å². The summed E-state index contributed by atoms with van der Waals surface area (Å²) in [6, 6.07) is 16.1. The molecule has 0 aliphatic rings. The normalized spacial score (nSPS) is 13.9. The van der Waals surface area contributed by atoms with Gasteiger partial charge in [0, 0.05) is 18.3 Å². The highest BCUT2D eigenvalue weighted by Gasteiger charge is 2.20. The average molecular weight is 242 g/mol. The van der Waals surface area contributed by atoms with E-state index in [-0.39, 0.29) is 12.1 Å². The molecule has 0 aliphatic carbocycles. The smallest absolute Gasteiger partial charge is 0.213 e. The number of aromatic nitrogens is 1. The van der Waals surface area contributed by atoms with Gasteiger partial charge in [-0.3, -0.25) is 0 Å². The van der Waals surface area contributed by atoms with Crippen molar-refractivity contribution in [1.82, 2.24) is 10.3 Å². The zero-order chi connectivity index (χ0) is 12.8. The summed E-state index contributed by atoms with van der Waals surface area (Å²) in [6.45, 7) is 2.10. The van der Waals surface area contributed by atoms with Crippen LogP contribution in [-0.2, 0) is 0 Å². The second-order valence-electron chi connectivity index (χ2n) is 4.19. The first-order valence-electron chi connectivity index (χ1n) is 6.11. The molecular weight excluding hydrogens is 224 g/mol. The van der Waals surface area contributed by atoms with Gasteiger partial charge >= 0.3 is 0 Å². The summed E-state index contributed by atoms with van der Waals surface area (Å²) in [4.78, 5) is 4.21. The zero-order valence-electron chi connectivity index (χ0n) is 10.7. The zero-order valence-corrected chi connectivity index (χ0v) is 10.7. The van der Waals surface area contributed by atoms with Gasteiger partial charge in [0.05, 0.1) is 0 Å². The Labute approximate surface area is 108 Å². The third-order valence-corrected chi connectivity index (χ3v) is 2.92. The van der Waals surface area contributed by atoms with Crippen molar-refractivity contribution in [2.75, 3.05) is 7.05 Å². The van der Waals surface area contributed by atoms with Crippen molar-refractivity contribution in [3.63, 3.8) is 0 Å². The first-order chi connectivity index (χ1) is 8.81. The number of pyridine rings is 1. The van der Waals surface area contributed by atoms with E-state index in [9.17, 15) is 0 Å². The molecule has 0 aliphatic heterocycles. The quantitative estimate of drug-likeness (QED) is 0.875. The molecule has 2 atom stereocenters. The molecule has 0 amide bonds. The molecule has 0 spiro atoms. The SMILES string of the molecule is CNC(C)C(Oc1ccccn1)c1ccccc1. The fourth-order valence-corrected chi connectivity index (χ4v) is 1.80. The summed E-state index contributed by atoms with van der Waals surface area (Å²) in [5.74, 6) is 0.647. The molecule has 0 saturated heterocycles. The first-order valence-corrected chi connectivity index (χ1v) is 6.11. The molecule has 0 radical (unpaired) electrons. The van der Waals surface area contributed by atoms with Crippen LogP contribution >= 0.6 is 0 Å². The van der Waals surface area contributed by atoms with Crippen molar-refractivity contribution in [3.05, 3.63) is 60.3 Å². The predicted octanol–water partition coefficient (Wildman–Crippen LogP) is 2.81. The fraction of sp³-hybridized carbons (Fsp3) is 0.267. The maximum absolute atomic E-state index is 5.98. The van der Waals surface area contributed by atoms with E-state index in [1.54, 1.807) is 6.20 Å². The topological polar surface area (TPSA) is 34.1 Å². The van der Waals surface area contributed by atoms with Crippen LogP contribution in [0.3, 0.4) is 0 Å². The third kappa shape index (κ3) is 3.08. The Morgan fingerprint density at radius 3 is 2.39 bits per heavy atom. The van der Waals surface area contributed by atoms with Crippen molar-refractivity contribution in [2.45, 2.75) is 19.1 Å². The van der Waals surface area contributed by atoms with E-state index in [0.717, 1.165) is 5.56 Å². The second-order valence-corrected chi connectivity index (χ2v) is 4.19. The van der Waals surface area contributed by atoms with Crippen molar-refractivity contribution in [1.29, 1.82) is 0 Å². The van der Waals surface area contributed by atoms with Crippen LogP contribution in [0.15, 0.2) is 54.7 Å². The Kier molecular flexibility index (Phi) is 4.31. The van der Waals surface area contributed by atoms with Crippen LogP contribution in [0.25, 0.3) is 0 Å². The van der Waals surface area contributed by atoms with E-state index < -0.39 is 0 Å². The fourth-order valence-electron chi connectivity index (χ4n) is 1.80. The number of benzene rings is 1. The molecule has 2 aromatic rings. The van der Waals surface area contributed by atoms with E-state index in [4.69, 9.17) is 4.74 Å². The van der Waals surface area contributed by atoms with E-state index >= 15 is 0 Å². The number of hydrogen-bond acceptors (Lipinski definition) is 3. The highest BCUT2D eigenvalue weighted by molar-refractivity contribution is 5.21. The van der Waals surface area contributed by atoms with Crippen LogP contribution in [-0.4, -0.2) is 18.1 Å². The molecule has 1 aromatic carbocycles. The standard InChI is InChI=1S/C15H18N2O/c1-12(16-2)15(13-8-4-3-5-9-13)18-14-10-6-7-11-17-14/h3-12,15-16H,1-2H3. The summed E-state index contributed by atoms with van der Waals surface area (Å²) in [5, 5.41) is 3.23. The number of rotatable bonds is 5. The lowest BCUT2D eigenvalue weighted by Gasteiger charge is -2.24. The molecule has 3 nitrogen and oxygen atoms in total. The molecular formula is C15H18N2O. The third-order valence-electron chi connectivity index (χ3n) is 2.92. The van der Waals surface area contributed by atoms with E-state index in [2.05, 4.69) is 29.4 Å². The van der Waals surface area contributed by atoms with Gasteiger partial charge in [-0.25, -0.2) is 4.98 Å². The number of ether oxygens (including phenoxy) is 1. The average Bonchev–Trinajstić information content (AvgIpc) is 2.46. The van der Waals surface area contributed by atoms with Gasteiger partial charge in [-0.15, -0.1) is 0 Å². The van der Waals surface area contributed by atoms with Gasteiger partial charge < -0.3 is 10.1 Å². The van der Waals surface area contributed by atoms with Crippen LogP contribution < -0.4 is 10.1 Å². The van der Waals surface area contributed by atoms with Gasteiger partial charge in [0.15, 0.2) is 0 Å². The number of likely N-dealkylation sites (N-methyl/N-ethyl adjacent to an activating group) is 1. The number of hydrogen-bond donors (Lipinski definition) is 1. The molecule has 0 bridgehead atoms. The van der Waals surface area contributed by atoms with Crippen molar-refractivity contribution < 1.29 is 4.74 Å². The Bertz CT molecular complexity index is 458. The molecule has 2 rings (SSSR count). The maximum atomic E-state index is 5.98. The van der Waals surface area contributed by atoms with E-state index in [1.165, 1.54) is 0 Å². The minimum atomic E-state index is -0.0499. The minimum Gasteiger partial charge on any atom is -0.468 e. The van der Waals surface area contributed by atoms with Crippen LogP contribution in [0.5, 0.6) is 5.88 Å². The molecule has 18 heavy (non-hydrogen) atoms. The lowest BCUT2D eigenvalue weighted by atomic mass is 10.0. The van der Waals surface area contributed by atoms with Crippen molar-refractivity contribution in [3.8, 4) is 5.88 Å². The van der Waals surface area contributed by atoms with Gasteiger partial charge in [-0.05, 0) is 25.6 Å². The number of nitrogens with zero attached hydrogens (tertiary/aromatic N) is 1. The van der Waals surface area contributed by atoms with Gasteiger partial charge in [0.1, 0.15) is 6.10 Å². The Hall–Kier alpha value is -1.87. The number of nitrogens with one attached hydrogen (secondary N) is 1. The molecule has 3 heteroatoms. The summed E-state index contributed by atoms with van der Waals surface area (Å²) in [7, 11) is 1.93. The van der Waals surface area contributed by atoms with E-state index in [0.29, 0.717) is 5.88 Å². The van der Waals surface area contributed by atoms with Crippen LogP contribution in [0.4, 0.5) is 0 Å². The maximum Gasteiger partial charge on any atom is 0.213 e. The van der Waals surface area contributed by atoms with Crippen LogP contribution in [0, 0.1) is 0 Å². The summed E-state index contributed by atoms with van der Waals surface area (Å²) >= 11 is 0. The molecule has 94 valence electrons. The Balaban J connectivity index is 2.21. The minimum absolute atomic E-state index is 0.0499. The van der Waals surface area contributed by atoms with Crippen LogP contribution in [0.1, 0.15) is 18.6 Å². The van der Waals surface area contributed by atoms with Gasteiger partial charge in [0.2, 0.25) is 5.88 Å². The van der Waals surface area contributed by atoms with Crippen LogP contribution in [0.2, 0.25) is 0 Å². The predicted molar refractivity (Wildman–Crippen MR) is 72.6 cm³/mol. The molecule has 0 saturated carbocycles. The summed E-state index contributed by atoms with van der Waals surface area (Å²) < 4.78 is 5.98. The molecule has 2 unspecified atom stereocenters. The van der Waals surface area contributed by atoms with Gasteiger partial charge in [0.25, 0.3) is 0 Å². The first kappa shape index (κ1) is 12.6. The second kappa shape index (κ2) is 6.17. The highest BCUT2D eigenvalue weighted by atomic mass is 16.5. The van der Waals surface area contributed by atoms with Gasteiger partial charge in [-0.2, -0.15) is 0 Å². The molecule has 1 N–H and O–H groups in total. The molecule has 0 fully saturated rings. The summed E-state index contributed by atoms with van der Waals surface area (Å²) in [6.07, 6.45) is 1.69. The van der Waals surface area contributed by atoms with Crippen molar-refractivity contribution >= 4 is 0 Å². The molecule has 1 heterocycles. The van der Waals surface area contributed by atoms with E-state index in [1.807, 2.05) is 43.4 Å². The lowest BCUT2D eigenvalue weighted by Crippen LogP contribution is -2.32. The highest BCUT2D eigenvalue weighted by Crippen LogP contribution is 2.23. The monoisotopic (exact) mass is 242 g/mol. The molecule has 1 aromatic heterocycles. The Morgan fingerprint density at radius 1 is 1.06 bits per heavy atom.